The highest BCUT2D eigenvalue weighted by Crippen LogP contribution is 2.15. The molecule has 0 bridgehead atoms. The van der Waals surface area contributed by atoms with Crippen LogP contribution >= 0.6 is 0 Å². The number of hydrogen-bond donors (Lipinski definition) is 1. The maximum absolute atomic E-state index is 12.9. The number of carbonyl (C=O) groups is 1. The lowest BCUT2D eigenvalue weighted by Crippen LogP contribution is -1.97. The predicted molar refractivity (Wildman–Crippen MR) is 46.0 cm³/mol. The van der Waals surface area contributed by atoms with Crippen molar-refractivity contribution in [3.63, 3.8) is 0 Å². The summed E-state index contributed by atoms with van der Waals surface area (Å²) in [4.78, 5) is 10.9. The fourth-order valence-electron chi connectivity index (χ4n) is 0.936. The predicted octanol–water partition coefficient (Wildman–Crippen LogP) is 2.07. The molecule has 0 atom stereocenters. The number of rotatable bonds is 2. The summed E-state index contributed by atoms with van der Waals surface area (Å²) in [5.41, 5.74) is 0.864. The summed E-state index contributed by atoms with van der Waals surface area (Å²) in [6.07, 6.45) is 0. The van der Waals surface area contributed by atoms with Gasteiger partial charge in [0.25, 0.3) is 0 Å². The summed E-state index contributed by atoms with van der Waals surface area (Å²) in [5, 5.41) is 2.66. The number of ketones is 1. The van der Waals surface area contributed by atoms with Crippen molar-refractivity contribution in [2.75, 3.05) is 12.4 Å². The van der Waals surface area contributed by atoms with Gasteiger partial charge in [0.15, 0.2) is 5.78 Å². The van der Waals surface area contributed by atoms with Crippen molar-refractivity contribution in [3.8, 4) is 0 Å². The van der Waals surface area contributed by atoms with Crippen molar-refractivity contribution >= 4 is 11.5 Å². The summed E-state index contributed by atoms with van der Waals surface area (Å²) in [5.74, 6) is -0.408. The van der Waals surface area contributed by atoms with Crippen molar-refractivity contribution in [2.24, 2.45) is 0 Å². The third kappa shape index (κ3) is 1.61. The molecule has 0 saturated heterocycles. The van der Waals surface area contributed by atoms with E-state index in [-0.39, 0.29) is 11.6 Å². The van der Waals surface area contributed by atoms with Gasteiger partial charge in [-0.2, -0.15) is 0 Å². The lowest BCUT2D eigenvalue weighted by molar-refractivity contribution is 0.101. The van der Waals surface area contributed by atoms with Crippen LogP contribution in [0.1, 0.15) is 17.3 Å². The van der Waals surface area contributed by atoms with Crippen molar-refractivity contribution < 1.29 is 9.18 Å². The molecule has 3 heteroatoms. The maximum Gasteiger partial charge on any atom is 0.159 e. The Bertz CT molecular complexity index is 309. The Morgan fingerprint density at radius 1 is 1.50 bits per heavy atom. The second kappa shape index (κ2) is 3.34. The van der Waals surface area contributed by atoms with Crippen LogP contribution in [0, 0.1) is 5.82 Å². The molecule has 0 spiro atoms. The molecule has 1 aromatic carbocycles. The molecular weight excluding hydrogens is 157 g/mol. The molecule has 2 nitrogen and oxygen atoms in total. The molecule has 0 amide bonds. The first-order chi connectivity index (χ1) is 5.65. The van der Waals surface area contributed by atoms with Crippen molar-refractivity contribution in [3.05, 3.63) is 29.6 Å². The number of benzene rings is 1. The second-order valence-corrected chi connectivity index (χ2v) is 2.50. The third-order valence-corrected chi connectivity index (χ3v) is 1.64. The van der Waals surface area contributed by atoms with Crippen LogP contribution in [0.4, 0.5) is 10.1 Å². The molecule has 12 heavy (non-hydrogen) atoms. The molecule has 64 valence electrons. The zero-order valence-corrected chi connectivity index (χ0v) is 7.02. The average Bonchev–Trinajstić information content (AvgIpc) is 2.05. The highest BCUT2D eigenvalue weighted by molar-refractivity contribution is 5.94. The van der Waals surface area contributed by atoms with Gasteiger partial charge in [-0.05, 0) is 25.1 Å². The number of halogens is 1. The number of anilines is 1. The average molecular weight is 167 g/mol. The van der Waals surface area contributed by atoms with Gasteiger partial charge in [0, 0.05) is 12.6 Å². The van der Waals surface area contributed by atoms with Crippen molar-refractivity contribution in [1.82, 2.24) is 0 Å². The molecule has 0 unspecified atom stereocenters. The SMILES string of the molecule is CNc1cc(C(C)=O)ccc1F. The minimum atomic E-state index is -0.345. The fraction of sp³-hybridized carbons (Fsp3) is 0.222. The van der Waals surface area contributed by atoms with E-state index in [0.717, 1.165) is 0 Å². The van der Waals surface area contributed by atoms with E-state index in [2.05, 4.69) is 5.32 Å². The summed E-state index contributed by atoms with van der Waals surface area (Å²) >= 11 is 0. The molecule has 1 rings (SSSR count). The minimum Gasteiger partial charge on any atom is -0.386 e. The van der Waals surface area contributed by atoms with Crippen LogP contribution < -0.4 is 5.32 Å². The van der Waals surface area contributed by atoms with Crippen molar-refractivity contribution in [2.45, 2.75) is 6.92 Å². The molecule has 0 fully saturated rings. The lowest BCUT2D eigenvalue weighted by atomic mass is 10.1. The smallest absolute Gasteiger partial charge is 0.159 e. The van der Waals surface area contributed by atoms with E-state index in [0.29, 0.717) is 11.3 Å². The minimum absolute atomic E-state index is 0.0634. The van der Waals surface area contributed by atoms with Crippen LogP contribution in [0.3, 0.4) is 0 Å². The molecule has 0 aromatic heterocycles. The van der Waals surface area contributed by atoms with Gasteiger partial charge in [-0.3, -0.25) is 4.79 Å². The molecule has 0 aliphatic carbocycles. The molecule has 0 heterocycles. The van der Waals surface area contributed by atoms with E-state index < -0.39 is 0 Å². The van der Waals surface area contributed by atoms with Crippen LogP contribution in [-0.2, 0) is 0 Å². The number of nitrogens with one attached hydrogen (secondary N) is 1. The first-order valence-electron chi connectivity index (χ1n) is 3.63. The number of Topliss-reactive ketones (excluding diaryl/α,β-unsaturated/α-hetero) is 1. The van der Waals surface area contributed by atoms with Gasteiger partial charge in [-0.1, -0.05) is 0 Å². The molecule has 0 aliphatic heterocycles. The van der Waals surface area contributed by atoms with Crippen molar-refractivity contribution in [1.29, 1.82) is 0 Å². The third-order valence-electron chi connectivity index (χ3n) is 1.64. The molecule has 1 N–H and O–H groups in total. The number of carbonyl (C=O) groups excluding carboxylic acids is 1. The normalized spacial score (nSPS) is 9.58. The maximum atomic E-state index is 12.9. The quantitative estimate of drug-likeness (QED) is 0.683. The molecular formula is C9H10FNO. The Hall–Kier alpha value is -1.38. The van der Waals surface area contributed by atoms with Crippen LogP contribution in [0.15, 0.2) is 18.2 Å². The monoisotopic (exact) mass is 167 g/mol. The summed E-state index contributed by atoms with van der Waals surface area (Å²) in [6.45, 7) is 1.45. The van der Waals surface area contributed by atoms with Gasteiger partial charge in [-0.15, -0.1) is 0 Å². The van der Waals surface area contributed by atoms with E-state index in [9.17, 15) is 9.18 Å². The van der Waals surface area contributed by atoms with E-state index >= 15 is 0 Å². The Kier molecular flexibility index (Phi) is 2.43. The van der Waals surface area contributed by atoms with E-state index in [1.165, 1.54) is 25.1 Å². The van der Waals surface area contributed by atoms with Gasteiger partial charge in [-0.25, -0.2) is 4.39 Å². The Labute approximate surface area is 70.4 Å². The van der Waals surface area contributed by atoms with Crippen LogP contribution in [0.2, 0.25) is 0 Å². The van der Waals surface area contributed by atoms with E-state index in [1.54, 1.807) is 7.05 Å². The van der Waals surface area contributed by atoms with Crippen LogP contribution in [0.25, 0.3) is 0 Å². The summed E-state index contributed by atoms with van der Waals surface area (Å²) in [6, 6.07) is 4.25. The second-order valence-electron chi connectivity index (χ2n) is 2.50. The topological polar surface area (TPSA) is 29.1 Å². The highest BCUT2D eigenvalue weighted by atomic mass is 19.1. The molecule has 0 saturated carbocycles. The first-order valence-corrected chi connectivity index (χ1v) is 3.63. The lowest BCUT2D eigenvalue weighted by Gasteiger charge is -2.02. The Balaban J connectivity index is 3.13. The zero-order valence-electron chi connectivity index (χ0n) is 7.02. The van der Waals surface area contributed by atoms with Gasteiger partial charge in [0.2, 0.25) is 0 Å². The summed E-state index contributed by atoms with van der Waals surface area (Å²) < 4.78 is 12.9. The van der Waals surface area contributed by atoms with E-state index in [1.807, 2.05) is 0 Å². The van der Waals surface area contributed by atoms with E-state index in [4.69, 9.17) is 0 Å². The molecule has 1 aromatic rings. The van der Waals surface area contributed by atoms with Gasteiger partial charge < -0.3 is 5.32 Å². The van der Waals surface area contributed by atoms with Crippen LogP contribution in [0.5, 0.6) is 0 Å². The van der Waals surface area contributed by atoms with Gasteiger partial charge in [0.1, 0.15) is 5.82 Å². The molecule has 0 aliphatic rings. The number of hydrogen-bond acceptors (Lipinski definition) is 2. The Morgan fingerprint density at radius 2 is 2.17 bits per heavy atom. The largest absolute Gasteiger partial charge is 0.386 e. The summed E-state index contributed by atoms with van der Waals surface area (Å²) in [7, 11) is 1.61. The fourth-order valence-corrected chi connectivity index (χ4v) is 0.936. The highest BCUT2D eigenvalue weighted by Gasteiger charge is 2.03. The Morgan fingerprint density at radius 3 is 2.67 bits per heavy atom. The molecule has 0 radical (unpaired) electrons. The zero-order chi connectivity index (χ0) is 9.14. The van der Waals surface area contributed by atoms with Gasteiger partial charge in [0.05, 0.1) is 5.69 Å². The standard InChI is InChI=1S/C9H10FNO/c1-6(12)7-3-4-8(10)9(5-7)11-2/h3-5,11H,1-2H3. The van der Waals surface area contributed by atoms with Crippen LogP contribution in [-0.4, -0.2) is 12.8 Å². The first kappa shape index (κ1) is 8.71. The van der Waals surface area contributed by atoms with Gasteiger partial charge >= 0.3 is 0 Å².